The van der Waals surface area contributed by atoms with Crippen LogP contribution >= 0.6 is 0 Å². The molecule has 0 radical (unpaired) electrons. The molecule has 128 valence electrons. The van der Waals surface area contributed by atoms with Crippen molar-refractivity contribution in [1.29, 1.82) is 0 Å². The van der Waals surface area contributed by atoms with Crippen LogP contribution < -0.4 is 10.1 Å². The summed E-state index contributed by atoms with van der Waals surface area (Å²) in [6.45, 7) is 1.85. The molecule has 1 aliphatic rings. The Morgan fingerprint density at radius 2 is 1.84 bits per heavy atom. The molecule has 25 heavy (non-hydrogen) atoms. The normalized spacial score (nSPS) is 15.4. The molecule has 0 amide bonds. The second kappa shape index (κ2) is 6.64. The summed E-state index contributed by atoms with van der Waals surface area (Å²) < 4.78 is 20.9. The molecule has 4 rings (SSSR count). The molecule has 1 fully saturated rings. The fraction of sp³-hybridized carbons (Fsp3) is 0.263. The van der Waals surface area contributed by atoms with E-state index < -0.39 is 0 Å². The van der Waals surface area contributed by atoms with Crippen molar-refractivity contribution in [2.45, 2.75) is 18.9 Å². The van der Waals surface area contributed by atoms with Crippen LogP contribution in [0, 0.1) is 5.82 Å². The Kier molecular flexibility index (Phi) is 4.19. The van der Waals surface area contributed by atoms with Crippen LogP contribution in [-0.2, 0) is 0 Å². The van der Waals surface area contributed by atoms with Gasteiger partial charge in [-0.05, 0) is 62.3 Å². The van der Waals surface area contributed by atoms with Crippen molar-refractivity contribution in [3.63, 3.8) is 0 Å². The standard InChI is InChI=1S/C19H18FN3O2/c20-13-1-3-15(4-2-13)25-16-5-6-17-18(11-16)23(19(12-24)22-17)14-7-9-21-10-8-14/h1-6,11-12,14,21H,7-10H2. The highest BCUT2D eigenvalue weighted by molar-refractivity contribution is 5.84. The number of benzene rings is 2. The van der Waals surface area contributed by atoms with Crippen LogP contribution in [0.2, 0.25) is 0 Å². The highest BCUT2D eigenvalue weighted by Crippen LogP contribution is 2.30. The Morgan fingerprint density at radius 1 is 1.12 bits per heavy atom. The van der Waals surface area contributed by atoms with E-state index in [9.17, 15) is 9.18 Å². The fourth-order valence-electron chi connectivity index (χ4n) is 3.33. The van der Waals surface area contributed by atoms with Crippen LogP contribution in [-0.4, -0.2) is 28.9 Å². The van der Waals surface area contributed by atoms with E-state index in [0.29, 0.717) is 17.3 Å². The summed E-state index contributed by atoms with van der Waals surface area (Å²) in [4.78, 5) is 15.9. The number of piperidine rings is 1. The molecular formula is C19H18FN3O2. The van der Waals surface area contributed by atoms with Crippen LogP contribution in [0.5, 0.6) is 11.5 Å². The number of imidazole rings is 1. The van der Waals surface area contributed by atoms with Gasteiger partial charge >= 0.3 is 0 Å². The number of carbonyl (C=O) groups is 1. The number of aldehydes is 1. The van der Waals surface area contributed by atoms with Crippen LogP contribution in [0.25, 0.3) is 11.0 Å². The lowest BCUT2D eigenvalue weighted by Crippen LogP contribution is -2.30. The predicted octanol–water partition coefficient (Wildman–Crippen LogP) is 3.70. The third-order valence-electron chi connectivity index (χ3n) is 4.52. The van der Waals surface area contributed by atoms with Crippen molar-refractivity contribution >= 4 is 17.3 Å². The van der Waals surface area contributed by atoms with Crippen molar-refractivity contribution in [3.05, 3.63) is 54.1 Å². The van der Waals surface area contributed by atoms with Crippen LogP contribution in [0.1, 0.15) is 29.5 Å². The first-order chi connectivity index (χ1) is 12.2. The molecule has 3 aromatic rings. The molecule has 2 aromatic carbocycles. The number of nitrogens with one attached hydrogen (secondary N) is 1. The van der Waals surface area contributed by atoms with E-state index in [1.54, 1.807) is 18.2 Å². The first-order valence-electron chi connectivity index (χ1n) is 8.36. The Morgan fingerprint density at radius 3 is 2.56 bits per heavy atom. The van der Waals surface area contributed by atoms with Gasteiger partial charge in [0.2, 0.25) is 0 Å². The number of fused-ring (bicyclic) bond motifs is 1. The summed E-state index contributed by atoms with van der Waals surface area (Å²) in [7, 11) is 0. The minimum Gasteiger partial charge on any atom is -0.457 e. The maximum Gasteiger partial charge on any atom is 0.185 e. The lowest BCUT2D eigenvalue weighted by atomic mass is 10.1. The van der Waals surface area contributed by atoms with Gasteiger partial charge in [-0.15, -0.1) is 0 Å². The van der Waals surface area contributed by atoms with Crippen LogP contribution in [0.3, 0.4) is 0 Å². The number of hydrogen-bond donors (Lipinski definition) is 1. The SMILES string of the molecule is O=Cc1nc2ccc(Oc3ccc(F)cc3)cc2n1C1CCNCC1. The summed E-state index contributed by atoms with van der Waals surface area (Å²) in [5.74, 6) is 1.33. The lowest BCUT2D eigenvalue weighted by Gasteiger charge is -2.25. The maximum absolute atomic E-state index is 13.0. The second-order valence-corrected chi connectivity index (χ2v) is 6.15. The van der Waals surface area contributed by atoms with E-state index in [1.165, 1.54) is 12.1 Å². The van der Waals surface area contributed by atoms with E-state index >= 15 is 0 Å². The molecule has 5 nitrogen and oxygen atoms in total. The van der Waals surface area contributed by atoms with Crippen molar-refractivity contribution < 1.29 is 13.9 Å². The van der Waals surface area contributed by atoms with Crippen molar-refractivity contribution in [3.8, 4) is 11.5 Å². The Balaban J connectivity index is 1.73. The molecule has 6 heteroatoms. The summed E-state index contributed by atoms with van der Waals surface area (Å²) in [5, 5.41) is 3.33. The van der Waals surface area contributed by atoms with E-state index in [1.807, 2.05) is 16.7 Å². The van der Waals surface area contributed by atoms with Gasteiger partial charge in [-0.1, -0.05) is 0 Å². The average Bonchev–Trinajstić information content (AvgIpc) is 3.02. The zero-order valence-corrected chi connectivity index (χ0v) is 13.6. The third kappa shape index (κ3) is 3.13. The highest BCUT2D eigenvalue weighted by Gasteiger charge is 2.21. The van der Waals surface area contributed by atoms with Gasteiger partial charge < -0.3 is 14.6 Å². The van der Waals surface area contributed by atoms with E-state index in [4.69, 9.17) is 4.74 Å². The first kappa shape index (κ1) is 15.8. The smallest absolute Gasteiger partial charge is 0.185 e. The van der Waals surface area contributed by atoms with Crippen LogP contribution in [0.4, 0.5) is 4.39 Å². The molecule has 1 saturated heterocycles. The van der Waals surface area contributed by atoms with Crippen molar-refractivity contribution in [2.75, 3.05) is 13.1 Å². The molecular weight excluding hydrogens is 321 g/mol. The Labute approximate surface area is 144 Å². The number of rotatable bonds is 4. The summed E-state index contributed by atoms with van der Waals surface area (Å²) in [6.07, 6.45) is 2.72. The van der Waals surface area contributed by atoms with Crippen molar-refractivity contribution in [1.82, 2.24) is 14.9 Å². The van der Waals surface area contributed by atoms with Crippen molar-refractivity contribution in [2.24, 2.45) is 0 Å². The maximum atomic E-state index is 13.0. The van der Waals surface area contributed by atoms with Gasteiger partial charge in [-0.3, -0.25) is 4.79 Å². The minimum atomic E-state index is -0.303. The topological polar surface area (TPSA) is 56.1 Å². The average molecular weight is 339 g/mol. The van der Waals surface area contributed by atoms with E-state index in [-0.39, 0.29) is 11.9 Å². The van der Waals surface area contributed by atoms with Gasteiger partial charge in [0.15, 0.2) is 12.1 Å². The Bertz CT molecular complexity index is 899. The summed E-state index contributed by atoms with van der Waals surface area (Å²) in [6, 6.07) is 11.7. The molecule has 0 unspecified atom stereocenters. The number of ether oxygens (including phenoxy) is 1. The molecule has 0 spiro atoms. The molecule has 0 bridgehead atoms. The number of hydrogen-bond acceptors (Lipinski definition) is 4. The molecule has 0 atom stereocenters. The van der Waals surface area contributed by atoms with E-state index in [2.05, 4.69) is 10.3 Å². The first-order valence-corrected chi connectivity index (χ1v) is 8.36. The second-order valence-electron chi connectivity index (χ2n) is 6.15. The van der Waals surface area contributed by atoms with Gasteiger partial charge in [-0.2, -0.15) is 0 Å². The largest absolute Gasteiger partial charge is 0.457 e. The molecule has 0 saturated carbocycles. The molecule has 1 N–H and O–H groups in total. The summed E-state index contributed by atoms with van der Waals surface area (Å²) >= 11 is 0. The predicted molar refractivity (Wildman–Crippen MR) is 92.7 cm³/mol. The number of aromatic nitrogens is 2. The molecule has 0 aliphatic carbocycles. The minimum absolute atomic E-state index is 0.243. The quantitative estimate of drug-likeness (QED) is 0.736. The monoisotopic (exact) mass is 339 g/mol. The van der Waals surface area contributed by atoms with Gasteiger partial charge in [0.05, 0.1) is 11.0 Å². The van der Waals surface area contributed by atoms with Gasteiger partial charge in [0, 0.05) is 12.1 Å². The zero-order chi connectivity index (χ0) is 17.2. The molecule has 1 aromatic heterocycles. The number of carbonyl (C=O) groups excluding carboxylic acids is 1. The third-order valence-corrected chi connectivity index (χ3v) is 4.52. The lowest BCUT2D eigenvalue weighted by molar-refractivity contribution is 0.110. The Hall–Kier alpha value is -2.73. The highest BCUT2D eigenvalue weighted by atomic mass is 19.1. The molecule has 2 heterocycles. The number of halogens is 1. The summed E-state index contributed by atoms with van der Waals surface area (Å²) in [5.41, 5.74) is 1.65. The van der Waals surface area contributed by atoms with Gasteiger partial charge in [0.25, 0.3) is 0 Å². The zero-order valence-electron chi connectivity index (χ0n) is 13.6. The number of nitrogens with zero attached hydrogens (tertiary/aromatic N) is 2. The van der Waals surface area contributed by atoms with E-state index in [0.717, 1.165) is 43.3 Å². The van der Waals surface area contributed by atoms with Crippen LogP contribution in [0.15, 0.2) is 42.5 Å². The fourth-order valence-corrected chi connectivity index (χ4v) is 3.33. The van der Waals surface area contributed by atoms with Gasteiger partial charge in [-0.25, -0.2) is 9.37 Å². The molecule has 1 aliphatic heterocycles. The van der Waals surface area contributed by atoms with Gasteiger partial charge in [0.1, 0.15) is 17.3 Å².